The summed E-state index contributed by atoms with van der Waals surface area (Å²) >= 11 is 0. The van der Waals surface area contributed by atoms with Gasteiger partial charge in [-0.05, 0) is 37.0 Å². The lowest BCUT2D eigenvalue weighted by Gasteiger charge is -2.48. The van der Waals surface area contributed by atoms with Gasteiger partial charge in [0.2, 0.25) is 11.8 Å². The first-order valence-corrected chi connectivity index (χ1v) is 9.91. The van der Waals surface area contributed by atoms with E-state index in [1.807, 2.05) is 21.9 Å². The van der Waals surface area contributed by atoms with Crippen LogP contribution in [0.1, 0.15) is 31.2 Å². The van der Waals surface area contributed by atoms with Gasteiger partial charge in [0.25, 0.3) is 0 Å². The maximum atomic E-state index is 12.8. The minimum Gasteiger partial charge on any atom is -0.448 e. The third-order valence-electron chi connectivity index (χ3n) is 6.06. The predicted octanol–water partition coefficient (Wildman–Crippen LogP) is 1.26. The second-order valence-electron chi connectivity index (χ2n) is 8.06. The minimum absolute atomic E-state index is 0.0319. The molecule has 8 nitrogen and oxygen atoms in total. The first-order valence-electron chi connectivity index (χ1n) is 9.91. The van der Waals surface area contributed by atoms with Gasteiger partial charge in [0.15, 0.2) is 0 Å². The molecule has 0 aromatic carbocycles. The third kappa shape index (κ3) is 3.95. The standard InChI is InChI=1S/C20H26N4O4/c25-17-2-6-20(15-24(17)12-16-3-7-21-8-4-16)5-1-9-23(14-20)18(26)13-22-10-11-28-19(22)27/h3-4,7-8H,1-2,5-6,9-15H2/t20-/m1/s1. The molecule has 3 aliphatic heterocycles. The van der Waals surface area contributed by atoms with Crippen molar-refractivity contribution in [3.8, 4) is 0 Å². The summed E-state index contributed by atoms with van der Waals surface area (Å²) in [7, 11) is 0. The van der Waals surface area contributed by atoms with E-state index in [9.17, 15) is 14.4 Å². The fourth-order valence-corrected chi connectivity index (χ4v) is 4.54. The van der Waals surface area contributed by atoms with Gasteiger partial charge in [-0.1, -0.05) is 0 Å². The Morgan fingerprint density at radius 2 is 1.93 bits per heavy atom. The highest BCUT2D eigenvalue weighted by molar-refractivity contribution is 5.83. The Balaban J connectivity index is 1.41. The van der Waals surface area contributed by atoms with E-state index in [0.717, 1.165) is 24.8 Å². The summed E-state index contributed by atoms with van der Waals surface area (Å²) in [6.45, 7) is 3.51. The highest BCUT2D eigenvalue weighted by Gasteiger charge is 2.43. The molecular formula is C20H26N4O4. The number of hydrogen-bond donors (Lipinski definition) is 0. The van der Waals surface area contributed by atoms with E-state index in [2.05, 4.69) is 4.98 Å². The van der Waals surface area contributed by atoms with Crippen LogP contribution in [-0.2, 0) is 20.9 Å². The third-order valence-corrected chi connectivity index (χ3v) is 6.06. The number of amides is 3. The largest absolute Gasteiger partial charge is 0.448 e. The molecule has 0 unspecified atom stereocenters. The van der Waals surface area contributed by atoms with Crippen molar-refractivity contribution in [2.24, 2.45) is 5.41 Å². The summed E-state index contributed by atoms with van der Waals surface area (Å²) in [5.74, 6) is 0.140. The molecular weight excluding hydrogens is 360 g/mol. The van der Waals surface area contributed by atoms with Crippen LogP contribution in [0.15, 0.2) is 24.5 Å². The van der Waals surface area contributed by atoms with Crippen molar-refractivity contribution < 1.29 is 19.1 Å². The number of pyridine rings is 1. The monoisotopic (exact) mass is 386 g/mol. The Morgan fingerprint density at radius 3 is 2.68 bits per heavy atom. The van der Waals surface area contributed by atoms with Crippen molar-refractivity contribution in [2.45, 2.75) is 32.2 Å². The van der Waals surface area contributed by atoms with Crippen LogP contribution in [0.4, 0.5) is 4.79 Å². The average molecular weight is 386 g/mol. The molecule has 1 atom stereocenters. The van der Waals surface area contributed by atoms with Crippen LogP contribution in [0.2, 0.25) is 0 Å². The van der Waals surface area contributed by atoms with Gasteiger partial charge in [-0.25, -0.2) is 4.79 Å². The quantitative estimate of drug-likeness (QED) is 0.778. The zero-order valence-electron chi connectivity index (χ0n) is 16.0. The molecule has 4 rings (SSSR count). The highest BCUT2D eigenvalue weighted by Crippen LogP contribution is 2.39. The zero-order valence-corrected chi connectivity index (χ0v) is 16.0. The van der Waals surface area contributed by atoms with E-state index in [0.29, 0.717) is 45.8 Å². The number of piperidine rings is 2. The number of cyclic esters (lactones) is 1. The lowest BCUT2D eigenvalue weighted by Crippen LogP contribution is -2.56. The van der Waals surface area contributed by atoms with Crippen LogP contribution in [0, 0.1) is 5.41 Å². The van der Waals surface area contributed by atoms with E-state index in [1.54, 1.807) is 12.4 Å². The number of carbonyl (C=O) groups is 3. The first kappa shape index (κ1) is 18.7. The fraction of sp³-hybridized carbons (Fsp3) is 0.600. The van der Waals surface area contributed by atoms with Crippen LogP contribution in [0.25, 0.3) is 0 Å². The number of rotatable bonds is 4. The summed E-state index contributed by atoms with van der Waals surface area (Å²) in [6, 6.07) is 3.86. The Hall–Kier alpha value is -2.64. The van der Waals surface area contributed by atoms with Gasteiger partial charge in [-0.2, -0.15) is 0 Å². The average Bonchev–Trinajstić information content (AvgIpc) is 3.10. The summed E-state index contributed by atoms with van der Waals surface area (Å²) < 4.78 is 4.91. The lowest BCUT2D eigenvalue weighted by atomic mass is 9.73. The molecule has 3 amide bonds. The van der Waals surface area contributed by atoms with Crippen molar-refractivity contribution in [3.05, 3.63) is 30.1 Å². The molecule has 3 aliphatic rings. The molecule has 3 saturated heterocycles. The second kappa shape index (κ2) is 7.77. The molecule has 0 bridgehead atoms. The van der Waals surface area contributed by atoms with E-state index in [4.69, 9.17) is 4.74 Å². The zero-order chi connectivity index (χ0) is 19.6. The van der Waals surface area contributed by atoms with Crippen LogP contribution >= 0.6 is 0 Å². The number of ether oxygens (including phenoxy) is 1. The second-order valence-corrected chi connectivity index (χ2v) is 8.06. The Bertz CT molecular complexity index is 756. The van der Waals surface area contributed by atoms with E-state index in [1.165, 1.54) is 4.90 Å². The van der Waals surface area contributed by atoms with E-state index >= 15 is 0 Å². The molecule has 150 valence electrons. The molecule has 1 spiro atoms. The van der Waals surface area contributed by atoms with Crippen LogP contribution in [-0.4, -0.2) is 76.9 Å². The van der Waals surface area contributed by atoms with Crippen molar-refractivity contribution in [2.75, 3.05) is 39.3 Å². The van der Waals surface area contributed by atoms with Crippen molar-refractivity contribution in [1.29, 1.82) is 0 Å². The molecule has 28 heavy (non-hydrogen) atoms. The van der Waals surface area contributed by atoms with Gasteiger partial charge in [0, 0.05) is 50.4 Å². The van der Waals surface area contributed by atoms with Gasteiger partial charge >= 0.3 is 6.09 Å². The normalized spacial score (nSPS) is 25.4. The van der Waals surface area contributed by atoms with Gasteiger partial charge < -0.3 is 14.5 Å². The molecule has 8 heteroatoms. The summed E-state index contributed by atoms with van der Waals surface area (Å²) in [6.07, 6.45) is 6.34. The molecule has 0 N–H and O–H groups in total. The number of carbonyl (C=O) groups excluding carboxylic acids is 3. The number of nitrogens with zero attached hydrogens (tertiary/aromatic N) is 4. The lowest BCUT2D eigenvalue weighted by molar-refractivity contribution is -0.143. The SMILES string of the molecule is O=C(CN1CCOC1=O)N1CCC[C@@]2(CCC(=O)N(Cc3ccncc3)C2)C1. The number of aromatic nitrogens is 1. The summed E-state index contributed by atoms with van der Waals surface area (Å²) in [4.78, 5) is 46.1. The maximum absolute atomic E-state index is 12.8. The topological polar surface area (TPSA) is 83.0 Å². The van der Waals surface area contributed by atoms with Crippen molar-refractivity contribution in [1.82, 2.24) is 19.7 Å². The molecule has 3 fully saturated rings. The van der Waals surface area contributed by atoms with Crippen LogP contribution in [0.5, 0.6) is 0 Å². The summed E-state index contributed by atoms with van der Waals surface area (Å²) in [5, 5.41) is 0. The Kier molecular flexibility index (Phi) is 5.19. The van der Waals surface area contributed by atoms with E-state index in [-0.39, 0.29) is 23.8 Å². The van der Waals surface area contributed by atoms with Gasteiger partial charge in [-0.3, -0.25) is 19.5 Å². The van der Waals surface area contributed by atoms with Crippen molar-refractivity contribution in [3.63, 3.8) is 0 Å². The molecule has 0 radical (unpaired) electrons. The summed E-state index contributed by atoms with van der Waals surface area (Å²) in [5.41, 5.74) is 1.01. The smallest absolute Gasteiger partial charge is 0.410 e. The highest BCUT2D eigenvalue weighted by atomic mass is 16.6. The van der Waals surface area contributed by atoms with Gasteiger partial charge in [-0.15, -0.1) is 0 Å². The van der Waals surface area contributed by atoms with Gasteiger partial charge in [0.1, 0.15) is 13.2 Å². The van der Waals surface area contributed by atoms with Crippen LogP contribution < -0.4 is 0 Å². The minimum atomic E-state index is -0.410. The molecule has 1 aromatic rings. The first-order chi connectivity index (χ1) is 13.5. The van der Waals surface area contributed by atoms with Gasteiger partial charge in [0.05, 0.1) is 6.54 Å². The van der Waals surface area contributed by atoms with Crippen molar-refractivity contribution >= 4 is 17.9 Å². The molecule has 0 aliphatic carbocycles. The molecule has 4 heterocycles. The van der Waals surface area contributed by atoms with Crippen LogP contribution in [0.3, 0.4) is 0 Å². The maximum Gasteiger partial charge on any atom is 0.410 e. The molecule has 0 saturated carbocycles. The van der Waals surface area contributed by atoms with E-state index < -0.39 is 6.09 Å². The number of hydrogen-bond acceptors (Lipinski definition) is 5. The number of likely N-dealkylation sites (tertiary alicyclic amines) is 2. The Morgan fingerprint density at radius 1 is 1.11 bits per heavy atom. The predicted molar refractivity (Wildman–Crippen MR) is 100 cm³/mol. The Labute approximate surface area is 164 Å². The molecule has 1 aromatic heterocycles. The fourth-order valence-electron chi connectivity index (χ4n) is 4.54.